The number of nitrogens with one attached hydrogen (secondary N) is 1. The molecule has 3 nitrogen and oxygen atoms in total. The van der Waals surface area contributed by atoms with Gasteiger partial charge in [0.2, 0.25) is 5.91 Å². The second-order valence-electron chi connectivity index (χ2n) is 8.23. The molecule has 0 aliphatic heterocycles. The topological polar surface area (TPSA) is 42.0 Å². The Morgan fingerprint density at radius 3 is 2.16 bits per heavy atom. The Kier molecular flexibility index (Phi) is 5.58. The van der Waals surface area contributed by atoms with Crippen molar-refractivity contribution < 1.29 is 9.18 Å². The number of amides is 1. The first kappa shape index (κ1) is 20.6. The van der Waals surface area contributed by atoms with Crippen molar-refractivity contribution in [1.82, 2.24) is 4.98 Å². The smallest absolute Gasteiger partial charge is 0.236 e. The lowest BCUT2D eigenvalue weighted by molar-refractivity contribution is -0.121. The fraction of sp³-hybridized carbons (Fsp3) is 0.185. The van der Waals surface area contributed by atoms with Crippen molar-refractivity contribution in [3.63, 3.8) is 0 Å². The summed E-state index contributed by atoms with van der Waals surface area (Å²) in [6.07, 6.45) is 3.51. The van der Waals surface area contributed by atoms with Gasteiger partial charge in [-0.3, -0.25) is 4.79 Å². The Bertz CT molecular complexity index is 1210. The van der Waals surface area contributed by atoms with Crippen molar-refractivity contribution in [2.75, 3.05) is 5.32 Å². The van der Waals surface area contributed by atoms with E-state index in [-0.39, 0.29) is 11.7 Å². The lowest BCUT2D eigenvalue weighted by Crippen LogP contribution is -2.38. The molecule has 0 spiro atoms. The summed E-state index contributed by atoms with van der Waals surface area (Å²) in [5.74, 6) is -0.341. The number of hydrogen-bond acceptors (Lipinski definition) is 3. The number of nitrogens with zero attached hydrogens (tertiary/aromatic N) is 1. The summed E-state index contributed by atoms with van der Waals surface area (Å²) in [6.45, 7) is 0. The molecule has 3 aromatic carbocycles. The highest BCUT2D eigenvalue weighted by Gasteiger charge is 2.43. The Labute approximate surface area is 191 Å². The van der Waals surface area contributed by atoms with Crippen LogP contribution in [0.1, 0.15) is 31.2 Å². The SMILES string of the molecule is O=C(Nc1nc(-c2ccc(-c3ccccc3)cc2)cs1)C1(c2ccc(F)cc2)CCCC1. The molecule has 1 fully saturated rings. The summed E-state index contributed by atoms with van der Waals surface area (Å²) < 4.78 is 13.4. The monoisotopic (exact) mass is 442 g/mol. The third-order valence-electron chi connectivity index (χ3n) is 6.30. The Balaban J connectivity index is 1.34. The molecule has 5 rings (SSSR count). The number of thiazole rings is 1. The van der Waals surface area contributed by atoms with E-state index in [9.17, 15) is 9.18 Å². The molecule has 0 unspecified atom stereocenters. The molecule has 1 N–H and O–H groups in total. The van der Waals surface area contributed by atoms with Gasteiger partial charge >= 0.3 is 0 Å². The van der Waals surface area contributed by atoms with Crippen LogP contribution >= 0.6 is 11.3 Å². The number of carbonyl (C=O) groups is 1. The zero-order valence-corrected chi connectivity index (χ0v) is 18.4. The maximum absolute atomic E-state index is 13.4. The molecule has 1 amide bonds. The van der Waals surface area contributed by atoms with E-state index < -0.39 is 5.41 Å². The van der Waals surface area contributed by atoms with Gasteiger partial charge < -0.3 is 5.32 Å². The van der Waals surface area contributed by atoms with E-state index in [4.69, 9.17) is 0 Å². The summed E-state index contributed by atoms with van der Waals surface area (Å²) in [5.41, 5.74) is 4.44. The van der Waals surface area contributed by atoms with Crippen LogP contribution in [0, 0.1) is 5.82 Å². The van der Waals surface area contributed by atoms with Gasteiger partial charge in [0.15, 0.2) is 5.13 Å². The molecule has 1 heterocycles. The fourth-order valence-corrected chi connectivity index (χ4v) is 5.25. The average molecular weight is 443 g/mol. The van der Waals surface area contributed by atoms with Gasteiger partial charge in [-0.2, -0.15) is 0 Å². The van der Waals surface area contributed by atoms with Crippen molar-refractivity contribution in [2.45, 2.75) is 31.1 Å². The first-order valence-corrected chi connectivity index (χ1v) is 11.7. The number of anilines is 1. The van der Waals surface area contributed by atoms with Crippen molar-refractivity contribution in [2.24, 2.45) is 0 Å². The summed E-state index contributed by atoms with van der Waals surface area (Å²) in [5, 5.41) is 5.59. The zero-order chi connectivity index (χ0) is 22.0. The number of aromatic nitrogens is 1. The van der Waals surface area contributed by atoms with Crippen LogP contribution < -0.4 is 5.32 Å². The molecule has 1 aromatic heterocycles. The van der Waals surface area contributed by atoms with E-state index in [1.807, 2.05) is 23.6 Å². The largest absolute Gasteiger partial charge is 0.301 e. The van der Waals surface area contributed by atoms with Crippen molar-refractivity contribution in [1.29, 1.82) is 0 Å². The van der Waals surface area contributed by atoms with E-state index in [1.165, 1.54) is 29.0 Å². The molecular formula is C27H23FN2OS. The van der Waals surface area contributed by atoms with Gasteiger partial charge in [0, 0.05) is 10.9 Å². The number of benzene rings is 3. The molecule has 5 heteroatoms. The first-order chi connectivity index (χ1) is 15.6. The summed E-state index contributed by atoms with van der Waals surface area (Å²) in [4.78, 5) is 18.0. The van der Waals surface area contributed by atoms with E-state index in [1.54, 1.807) is 12.1 Å². The molecule has 160 valence electrons. The van der Waals surface area contributed by atoms with Gasteiger partial charge in [0.05, 0.1) is 11.1 Å². The van der Waals surface area contributed by atoms with Crippen LogP contribution in [0.25, 0.3) is 22.4 Å². The second-order valence-corrected chi connectivity index (χ2v) is 9.09. The number of hydrogen-bond donors (Lipinski definition) is 1. The van der Waals surface area contributed by atoms with Crippen molar-refractivity contribution in [3.8, 4) is 22.4 Å². The predicted molar refractivity (Wildman–Crippen MR) is 128 cm³/mol. The Morgan fingerprint density at radius 2 is 1.47 bits per heavy atom. The quantitative estimate of drug-likeness (QED) is 0.359. The first-order valence-electron chi connectivity index (χ1n) is 10.8. The van der Waals surface area contributed by atoms with E-state index in [0.29, 0.717) is 5.13 Å². The minimum atomic E-state index is -0.614. The lowest BCUT2D eigenvalue weighted by atomic mass is 9.78. The molecule has 1 saturated carbocycles. The highest BCUT2D eigenvalue weighted by Crippen LogP contribution is 2.42. The maximum Gasteiger partial charge on any atom is 0.236 e. The summed E-state index contributed by atoms with van der Waals surface area (Å²) in [7, 11) is 0. The van der Waals surface area contributed by atoms with E-state index >= 15 is 0 Å². The zero-order valence-electron chi connectivity index (χ0n) is 17.6. The van der Waals surface area contributed by atoms with Crippen LogP contribution in [-0.4, -0.2) is 10.9 Å². The molecular weight excluding hydrogens is 419 g/mol. The molecule has 1 aliphatic carbocycles. The van der Waals surface area contributed by atoms with Gasteiger partial charge in [0.1, 0.15) is 5.82 Å². The lowest BCUT2D eigenvalue weighted by Gasteiger charge is -2.27. The average Bonchev–Trinajstić information content (AvgIpc) is 3.51. The molecule has 0 bridgehead atoms. The van der Waals surface area contributed by atoms with Gasteiger partial charge in [-0.25, -0.2) is 9.37 Å². The van der Waals surface area contributed by atoms with Gasteiger partial charge in [-0.15, -0.1) is 11.3 Å². The van der Waals surface area contributed by atoms with Crippen LogP contribution in [0.15, 0.2) is 84.2 Å². The second kappa shape index (κ2) is 8.67. The molecule has 0 atom stereocenters. The molecule has 1 aliphatic rings. The third kappa shape index (κ3) is 3.96. The van der Waals surface area contributed by atoms with Crippen LogP contribution in [0.3, 0.4) is 0 Å². The van der Waals surface area contributed by atoms with Crippen LogP contribution in [0.2, 0.25) is 0 Å². The minimum Gasteiger partial charge on any atom is -0.301 e. The van der Waals surface area contributed by atoms with Crippen LogP contribution in [0.4, 0.5) is 9.52 Å². The normalized spacial score (nSPS) is 14.9. The van der Waals surface area contributed by atoms with Crippen molar-refractivity contribution in [3.05, 3.63) is 95.6 Å². The maximum atomic E-state index is 13.4. The highest BCUT2D eigenvalue weighted by molar-refractivity contribution is 7.14. The third-order valence-corrected chi connectivity index (χ3v) is 7.06. The van der Waals surface area contributed by atoms with Gasteiger partial charge in [-0.05, 0) is 41.7 Å². The molecule has 32 heavy (non-hydrogen) atoms. The molecule has 0 saturated heterocycles. The molecule has 0 radical (unpaired) electrons. The van der Waals surface area contributed by atoms with Crippen LogP contribution in [0.5, 0.6) is 0 Å². The molecule has 4 aromatic rings. The van der Waals surface area contributed by atoms with Gasteiger partial charge in [0.25, 0.3) is 0 Å². The predicted octanol–water partition coefficient (Wildman–Crippen LogP) is 7.07. The standard InChI is InChI=1S/C27H23FN2OS/c28-23-14-12-22(13-15-23)27(16-4-5-17-27)25(31)30-26-29-24(18-32-26)21-10-8-20(9-11-21)19-6-2-1-3-7-19/h1-3,6-15,18H,4-5,16-17H2,(H,29,30,31). The van der Waals surface area contributed by atoms with E-state index in [2.05, 4.69) is 46.7 Å². The summed E-state index contributed by atoms with van der Waals surface area (Å²) >= 11 is 1.43. The number of halogens is 1. The fourth-order valence-electron chi connectivity index (χ4n) is 4.54. The highest BCUT2D eigenvalue weighted by atomic mass is 32.1. The van der Waals surface area contributed by atoms with Crippen LogP contribution in [-0.2, 0) is 10.2 Å². The number of rotatable bonds is 5. The number of carbonyl (C=O) groups excluding carboxylic acids is 1. The van der Waals surface area contributed by atoms with Gasteiger partial charge in [-0.1, -0.05) is 79.6 Å². The minimum absolute atomic E-state index is 0.0538. The van der Waals surface area contributed by atoms with E-state index in [0.717, 1.165) is 48.1 Å². The van der Waals surface area contributed by atoms with Crippen molar-refractivity contribution >= 4 is 22.4 Å². The summed E-state index contributed by atoms with van der Waals surface area (Å²) in [6, 6.07) is 24.9. The Morgan fingerprint density at radius 1 is 0.844 bits per heavy atom. The Hall–Kier alpha value is -3.31.